The van der Waals surface area contributed by atoms with E-state index in [2.05, 4.69) is 6.07 Å². The highest BCUT2D eigenvalue weighted by Gasteiger charge is 2.44. The first-order valence-corrected chi connectivity index (χ1v) is 12.3. The Balaban J connectivity index is 0.000000342. The van der Waals surface area contributed by atoms with Crippen molar-refractivity contribution < 1.29 is 39.2 Å². The minimum Gasteiger partial charge on any atom is -0.497 e. The van der Waals surface area contributed by atoms with Gasteiger partial charge in [-0.25, -0.2) is 4.79 Å². The number of rotatable bonds is 8. The van der Waals surface area contributed by atoms with Crippen LogP contribution in [0.25, 0.3) is 0 Å². The van der Waals surface area contributed by atoms with E-state index in [9.17, 15) is 24.3 Å². The number of ketones is 1. The van der Waals surface area contributed by atoms with Crippen LogP contribution >= 0.6 is 0 Å². The Morgan fingerprint density at radius 3 is 2.45 bits per heavy atom. The number of pyridine rings is 1. The minimum atomic E-state index is -1.58. The molecule has 1 aromatic carbocycles. The Kier molecular flexibility index (Phi) is 9.54. The summed E-state index contributed by atoms with van der Waals surface area (Å²) < 4.78 is 13.0. The van der Waals surface area contributed by atoms with Crippen LogP contribution < -0.4 is 10.3 Å². The number of aryl methyl sites for hydroxylation is 1. The van der Waals surface area contributed by atoms with E-state index in [-0.39, 0.29) is 23.6 Å². The monoisotopic (exact) mass is 528 g/mol. The van der Waals surface area contributed by atoms with Gasteiger partial charge in [0.05, 0.1) is 37.5 Å². The quantitative estimate of drug-likeness (QED) is 0.433. The molecule has 1 fully saturated rings. The number of aliphatic imine (C=N–C) groups is 1. The molecule has 1 aliphatic heterocycles. The van der Waals surface area contributed by atoms with Gasteiger partial charge in [-0.2, -0.15) is 0 Å². The molecule has 2 heterocycles. The summed E-state index contributed by atoms with van der Waals surface area (Å²) in [5.74, 6) is -3.07. The van der Waals surface area contributed by atoms with Crippen LogP contribution in [-0.4, -0.2) is 75.3 Å². The van der Waals surface area contributed by atoms with Crippen molar-refractivity contribution in [2.24, 2.45) is 12.0 Å². The molecule has 0 saturated heterocycles. The van der Waals surface area contributed by atoms with E-state index in [1.807, 2.05) is 31.3 Å². The Labute approximate surface area is 219 Å². The van der Waals surface area contributed by atoms with Crippen molar-refractivity contribution in [1.82, 2.24) is 4.57 Å². The number of aromatic nitrogens is 1. The van der Waals surface area contributed by atoms with Crippen molar-refractivity contribution in [3.63, 3.8) is 0 Å². The van der Waals surface area contributed by atoms with Crippen molar-refractivity contribution in [2.75, 3.05) is 13.7 Å². The number of carbonyl (C=O) groups excluding carboxylic acids is 1. The predicted molar refractivity (Wildman–Crippen MR) is 137 cm³/mol. The van der Waals surface area contributed by atoms with Gasteiger partial charge in [0, 0.05) is 49.4 Å². The first-order chi connectivity index (χ1) is 18.1. The predicted octanol–water partition coefficient (Wildman–Crippen LogP) is 1.76. The average molecular weight is 529 g/mol. The van der Waals surface area contributed by atoms with Gasteiger partial charge in [-0.3, -0.25) is 19.4 Å². The number of nitrogens with zero attached hydrogens (tertiary/aromatic N) is 2. The third-order valence-corrected chi connectivity index (χ3v) is 6.60. The molecular formula is C27H32N2O9. The highest BCUT2D eigenvalue weighted by Crippen LogP contribution is 2.43. The van der Waals surface area contributed by atoms with Crippen molar-refractivity contribution in [1.29, 1.82) is 0 Å². The van der Waals surface area contributed by atoms with Gasteiger partial charge in [0.1, 0.15) is 5.75 Å². The van der Waals surface area contributed by atoms with Crippen LogP contribution in [0.4, 0.5) is 0 Å². The number of benzene rings is 1. The third-order valence-electron chi connectivity index (χ3n) is 6.60. The lowest BCUT2D eigenvalue weighted by molar-refractivity contribution is -0.149. The molecule has 11 heteroatoms. The normalized spacial score (nSPS) is 21.6. The second-order valence-electron chi connectivity index (χ2n) is 9.08. The first kappa shape index (κ1) is 28.7. The van der Waals surface area contributed by atoms with Gasteiger partial charge >= 0.3 is 11.9 Å². The summed E-state index contributed by atoms with van der Waals surface area (Å²) >= 11 is 0. The van der Waals surface area contributed by atoms with Gasteiger partial charge in [0.2, 0.25) is 11.3 Å². The number of aliphatic hydroxyl groups is 1. The standard InChI is InChI=1S/C22H26N2O4.C5H6O5/c1-4-28-22-18(25)9-8-17-20(22)15-7-6-14(27-3)11-16(15)21(23-17)13-5-10-19(26)24(2)12-13;6-3(5(9)10)1-2-4(7)8/h5-7,10-12,17-18,20,22,25H,4,8-9H2,1-3H3;1-2H2,(H,7,8)(H,9,10)/t17-,18-,20-,22?;/m1./s1. The fourth-order valence-corrected chi connectivity index (χ4v) is 4.76. The second kappa shape index (κ2) is 12.6. The SMILES string of the molecule is CCOC1[C@H](O)CC[C@H]2N=C(c3ccc(=O)n(C)c3)c3cc(OC)ccc3[C@@H]12.O=C(O)CCC(=O)C(=O)O. The summed E-state index contributed by atoms with van der Waals surface area (Å²) in [6.07, 6.45) is 1.65. The molecule has 1 unspecified atom stereocenters. The van der Waals surface area contributed by atoms with E-state index < -0.39 is 36.7 Å². The number of ether oxygens (including phenoxy) is 2. The number of aliphatic hydroxyl groups excluding tert-OH is 1. The second-order valence-corrected chi connectivity index (χ2v) is 9.08. The maximum Gasteiger partial charge on any atom is 0.372 e. The minimum absolute atomic E-state index is 0.000822. The first-order valence-electron chi connectivity index (χ1n) is 12.3. The maximum absolute atomic E-state index is 11.8. The Morgan fingerprint density at radius 1 is 1.11 bits per heavy atom. The average Bonchev–Trinajstić information content (AvgIpc) is 2.89. The van der Waals surface area contributed by atoms with Crippen LogP contribution in [0.1, 0.15) is 55.2 Å². The van der Waals surface area contributed by atoms with Crippen LogP contribution in [0.15, 0.2) is 46.3 Å². The number of carboxylic acid groups (broad SMARTS) is 2. The molecule has 11 nitrogen and oxygen atoms in total. The van der Waals surface area contributed by atoms with Gasteiger partial charge in [0.15, 0.2) is 0 Å². The van der Waals surface area contributed by atoms with Gasteiger partial charge in [-0.15, -0.1) is 0 Å². The molecule has 4 rings (SSSR count). The number of hydrogen-bond donors (Lipinski definition) is 3. The van der Waals surface area contributed by atoms with Crippen molar-refractivity contribution in [2.45, 2.75) is 56.8 Å². The Hall–Kier alpha value is -3.83. The topological polar surface area (TPSA) is 165 Å². The van der Waals surface area contributed by atoms with Crippen molar-refractivity contribution in [3.05, 3.63) is 63.6 Å². The molecule has 4 atom stereocenters. The Morgan fingerprint density at radius 2 is 1.84 bits per heavy atom. The van der Waals surface area contributed by atoms with E-state index in [4.69, 9.17) is 24.7 Å². The number of carbonyl (C=O) groups is 3. The number of aliphatic carboxylic acids is 2. The zero-order chi connectivity index (χ0) is 28.0. The molecule has 0 radical (unpaired) electrons. The largest absolute Gasteiger partial charge is 0.497 e. The van der Waals surface area contributed by atoms with E-state index in [1.165, 1.54) is 0 Å². The lowest BCUT2D eigenvalue weighted by atomic mass is 9.72. The summed E-state index contributed by atoms with van der Waals surface area (Å²) in [4.78, 5) is 46.7. The zero-order valence-electron chi connectivity index (χ0n) is 21.5. The van der Waals surface area contributed by atoms with Crippen LogP contribution in [0.2, 0.25) is 0 Å². The molecule has 3 N–H and O–H groups in total. The van der Waals surface area contributed by atoms with Crippen LogP contribution in [0, 0.1) is 0 Å². The molecule has 0 amide bonds. The van der Waals surface area contributed by atoms with E-state index in [0.29, 0.717) is 13.0 Å². The number of Topliss-reactive ketones (excluding diaryl/α,β-unsaturated/α-hetero) is 1. The van der Waals surface area contributed by atoms with Crippen LogP contribution in [0.3, 0.4) is 0 Å². The fourth-order valence-electron chi connectivity index (χ4n) is 4.76. The molecule has 38 heavy (non-hydrogen) atoms. The summed E-state index contributed by atoms with van der Waals surface area (Å²) in [5.41, 5.74) is 3.78. The van der Waals surface area contributed by atoms with Gasteiger partial charge in [-0.05, 0) is 43.5 Å². The number of methoxy groups -OCH3 is 1. The highest BCUT2D eigenvalue weighted by atomic mass is 16.5. The summed E-state index contributed by atoms with van der Waals surface area (Å²) in [5, 5.41) is 26.5. The van der Waals surface area contributed by atoms with Gasteiger partial charge in [0.25, 0.3) is 0 Å². The van der Waals surface area contributed by atoms with Gasteiger partial charge < -0.3 is 29.4 Å². The van der Waals surface area contributed by atoms with Gasteiger partial charge in [-0.1, -0.05) is 6.07 Å². The van der Waals surface area contributed by atoms with E-state index >= 15 is 0 Å². The Bertz CT molecular complexity index is 1280. The lowest BCUT2D eigenvalue weighted by Crippen LogP contribution is -2.46. The molecule has 204 valence electrons. The van der Waals surface area contributed by atoms with Crippen LogP contribution in [-0.2, 0) is 26.2 Å². The molecule has 0 bridgehead atoms. The molecule has 2 aliphatic rings. The van der Waals surface area contributed by atoms with Crippen molar-refractivity contribution >= 4 is 23.4 Å². The molecule has 1 aromatic heterocycles. The lowest BCUT2D eigenvalue weighted by Gasteiger charge is -2.42. The maximum atomic E-state index is 11.8. The molecule has 0 spiro atoms. The van der Waals surface area contributed by atoms with Crippen LogP contribution in [0.5, 0.6) is 5.75 Å². The molecular weight excluding hydrogens is 496 g/mol. The van der Waals surface area contributed by atoms with E-state index in [1.54, 1.807) is 24.8 Å². The van der Waals surface area contributed by atoms with E-state index in [0.717, 1.165) is 34.6 Å². The summed E-state index contributed by atoms with van der Waals surface area (Å²) in [7, 11) is 3.39. The number of hydrogen-bond acceptors (Lipinski definition) is 8. The molecule has 1 aliphatic carbocycles. The summed E-state index contributed by atoms with van der Waals surface area (Å²) in [6.45, 7) is 2.50. The molecule has 1 saturated carbocycles. The third kappa shape index (κ3) is 6.53. The number of fused-ring (bicyclic) bond motifs is 3. The zero-order valence-corrected chi connectivity index (χ0v) is 21.5. The van der Waals surface area contributed by atoms with Crippen molar-refractivity contribution in [3.8, 4) is 5.75 Å². The number of carboxylic acids is 2. The molecule has 2 aromatic rings. The fraction of sp³-hybridized carbons (Fsp3) is 0.444. The smallest absolute Gasteiger partial charge is 0.372 e. The highest BCUT2D eigenvalue weighted by molar-refractivity contribution is 6.32. The summed E-state index contributed by atoms with van der Waals surface area (Å²) in [6, 6.07) is 9.42.